The molecule has 146 valence electrons. The van der Waals surface area contributed by atoms with Crippen molar-refractivity contribution in [2.24, 2.45) is 0 Å². The van der Waals surface area contributed by atoms with Gasteiger partial charge < -0.3 is 4.90 Å². The van der Waals surface area contributed by atoms with E-state index in [-0.39, 0.29) is 5.91 Å². The Labute approximate surface area is 165 Å². The topological polar surface area (TPSA) is 57.7 Å². The van der Waals surface area contributed by atoms with Gasteiger partial charge in [0.1, 0.15) is 0 Å². The lowest BCUT2D eigenvalue weighted by Gasteiger charge is -2.34. The molecule has 0 spiro atoms. The summed E-state index contributed by atoms with van der Waals surface area (Å²) in [6.45, 7) is 5.81. The van der Waals surface area contributed by atoms with Crippen LogP contribution in [0, 0.1) is 0 Å². The maximum atomic E-state index is 12.9. The van der Waals surface area contributed by atoms with Gasteiger partial charge in [0.05, 0.1) is 11.3 Å². The predicted octanol–water partition coefficient (Wildman–Crippen LogP) is 3.34. The molecular weight excluding hydrogens is 380 g/mol. The van der Waals surface area contributed by atoms with Crippen LogP contribution in [-0.2, 0) is 21.2 Å². The quantitative estimate of drug-likeness (QED) is 0.739. The van der Waals surface area contributed by atoms with E-state index in [4.69, 9.17) is 0 Å². The summed E-state index contributed by atoms with van der Waals surface area (Å²) in [5.41, 5.74) is 2.17. The third-order valence-electron chi connectivity index (χ3n) is 5.23. The van der Waals surface area contributed by atoms with Gasteiger partial charge in [0.25, 0.3) is 0 Å². The van der Waals surface area contributed by atoms with E-state index < -0.39 is 10.0 Å². The molecule has 5 nitrogen and oxygen atoms in total. The maximum Gasteiger partial charge on any atom is 0.243 e. The van der Waals surface area contributed by atoms with Crippen molar-refractivity contribution in [1.82, 2.24) is 9.21 Å². The minimum atomic E-state index is -3.51. The Balaban J connectivity index is 1.61. The Morgan fingerprint density at radius 1 is 1.11 bits per heavy atom. The van der Waals surface area contributed by atoms with Gasteiger partial charge in [-0.3, -0.25) is 4.79 Å². The molecule has 0 bridgehead atoms. The molecule has 27 heavy (non-hydrogen) atoms. The second-order valence-electron chi connectivity index (χ2n) is 6.97. The molecule has 2 aromatic rings. The molecule has 3 rings (SSSR count). The average Bonchev–Trinajstić information content (AvgIpc) is 3.20. The van der Waals surface area contributed by atoms with E-state index in [0.717, 1.165) is 17.5 Å². The molecule has 1 amide bonds. The third kappa shape index (κ3) is 4.59. The van der Waals surface area contributed by atoms with E-state index >= 15 is 0 Å². The monoisotopic (exact) mass is 406 g/mol. The number of thiophene rings is 1. The molecule has 1 saturated heterocycles. The number of piperazine rings is 1. The molecular formula is C20H26N2O3S2. The van der Waals surface area contributed by atoms with Gasteiger partial charge in [0.15, 0.2) is 0 Å². The lowest BCUT2D eigenvalue weighted by Crippen LogP contribution is -2.50. The summed E-state index contributed by atoms with van der Waals surface area (Å²) in [6, 6.07) is 9.16. The second kappa shape index (κ2) is 8.54. The van der Waals surface area contributed by atoms with Crippen molar-refractivity contribution in [2.45, 2.75) is 37.5 Å². The lowest BCUT2D eigenvalue weighted by molar-refractivity contribution is -0.131. The maximum absolute atomic E-state index is 12.9. The largest absolute Gasteiger partial charge is 0.340 e. The summed E-state index contributed by atoms with van der Waals surface area (Å²) in [5, 5.41) is 3.93. The van der Waals surface area contributed by atoms with Crippen LogP contribution in [0.1, 0.15) is 37.3 Å². The van der Waals surface area contributed by atoms with Crippen LogP contribution in [-0.4, -0.2) is 49.7 Å². The first kappa shape index (κ1) is 20.0. The molecule has 1 unspecified atom stereocenters. The number of sulfonamides is 1. The van der Waals surface area contributed by atoms with Gasteiger partial charge >= 0.3 is 0 Å². The number of hydrogen-bond acceptors (Lipinski definition) is 4. The number of rotatable bonds is 6. The summed E-state index contributed by atoms with van der Waals surface area (Å²) in [6.07, 6.45) is 1.40. The van der Waals surface area contributed by atoms with Crippen LogP contribution in [0.25, 0.3) is 0 Å². The molecule has 7 heteroatoms. The number of benzene rings is 1. The highest BCUT2D eigenvalue weighted by molar-refractivity contribution is 7.89. The van der Waals surface area contributed by atoms with Crippen molar-refractivity contribution in [3.63, 3.8) is 0 Å². The van der Waals surface area contributed by atoms with Crippen LogP contribution in [0.2, 0.25) is 0 Å². The molecule has 0 saturated carbocycles. The number of carbonyl (C=O) groups excluding carboxylic acids is 1. The Kier molecular flexibility index (Phi) is 6.34. The van der Waals surface area contributed by atoms with Crippen LogP contribution in [0.3, 0.4) is 0 Å². The van der Waals surface area contributed by atoms with Gasteiger partial charge in [-0.05, 0) is 52.4 Å². The van der Waals surface area contributed by atoms with Crippen LogP contribution in [0.15, 0.2) is 46.0 Å². The molecule has 0 N–H and O–H groups in total. The Morgan fingerprint density at radius 3 is 2.33 bits per heavy atom. The highest BCUT2D eigenvalue weighted by atomic mass is 32.2. The van der Waals surface area contributed by atoms with E-state index in [1.54, 1.807) is 28.4 Å². The summed E-state index contributed by atoms with van der Waals surface area (Å²) in [7, 11) is -3.51. The van der Waals surface area contributed by atoms with Crippen molar-refractivity contribution in [3.05, 3.63) is 52.2 Å². The smallest absolute Gasteiger partial charge is 0.243 e. The zero-order valence-corrected chi connectivity index (χ0v) is 17.4. The van der Waals surface area contributed by atoms with Gasteiger partial charge in [-0.2, -0.15) is 15.6 Å². The van der Waals surface area contributed by atoms with Gasteiger partial charge in [0, 0.05) is 26.2 Å². The summed E-state index contributed by atoms with van der Waals surface area (Å²) < 4.78 is 27.3. The fraction of sp³-hybridized carbons (Fsp3) is 0.450. The molecule has 1 aliphatic heterocycles. The molecule has 1 atom stereocenters. The van der Waals surface area contributed by atoms with E-state index in [1.807, 2.05) is 29.0 Å². The van der Waals surface area contributed by atoms with E-state index in [0.29, 0.717) is 43.4 Å². The molecule has 2 heterocycles. The van der Waals surface area contributed by atoms with Crippen LogP contribution >= 0.6 is 11.3 Å². The SMILES string of the molecule is CCC(C)c1ccc(S(=O)(=O)N2CCN(C(=O)Cc3ccsc3)CC2)cc1. The number of amides is 1. The van der Waals surface area contributed by atoms with Gasteiger partial charge in [-0.1, -0.05) is 26.0 Å². The van der Waals surface area contributed by atoms with Gasteiger partial charge in [-0.15, -0.1) is 0 Å². The normalized spacial score (nSPS) is 17.0. The first-order chi connectivity index (χ1) is 12.9. The van der Waals surface area contributed by atoms with E-state index in [9.17, 15) is 13.2 Å². The summed E-state index contributed by atoms with van der Waals surface area (Å²) >= 11 is 1.58. The average molecular weight is 407 g/mol. The Bertz CT molecular complexity index is 853. The number of hydrogen-bond donors (Lipinski definition) is 0. The third-order valence-corrected chi connectivity index (χ3v) is 7.87. The Hall–Kier alpha value is -1.70. The van der Waals surface area contributed by atoms with Crippen LogP contribution < -0.4 is 0 Å². The van der Waals surface area contributed by atoms with Gasteiger partial charge in [-0.25, -0.2) is 8.42 Å². The lowest BCUT2D eigenvalue weighted by atomic mass is 9.99. The molecule has 0 aliphatic carbocycles. The minimum Gasteiger partial charge on any atom is -0.340 e. The second-order valence-corrected chi connectivity index (χ2v) is 9.69. The number of nitrogens with zero attached hydrogens (tertiary/aromatic N) is 2. The summed E-state index contributed by atoms with van der Waals surface area (Å²) in [4.78, 5) is 14.5. The highest BCUT2D eigenvalue weighted by Crippen LogP contribution is 2.23. The fourth-order valence-corrected chi connectivity index (χ4v) is 5.30. The van der Waals surface area contributed by atoms with Crippen molar-refractivity contribution in [3.8, 4) is 0 Å². The minimum absolute atomic E-state index is 0.0587. The van der Waals surface area contributed by atoms with Crippen molar-refractivity contribution in [2.75, 3.05) is 26.2 Å². The highest BCUT2D eigenvalue weighted by Gasteiger charge is 2.30. The first-order valence-corrected chi connectivity index (χ1v) is 11.7. The predicted molar refractivity (Wildman–Crippen MR) is 109 cm³/mol. The molecule has 1 aromatic heterocycles. The zero-order valence-electron chi connectivity index (χ0n) is 15.8. The van der Waals surface area contributed by atoms with E-state index in [1.165, 1.54) is 4.31 Å². The number of carbonyl (C=O) groups is 1. The van der Waals surface area contributed by atoms with Crippen molar-refractivity contribution in [1.29, 1.82) is 0 Å². The molecule has 0 radical (unpaired) electrons. The standard InChI is InChI=1S/C20H26N2O3S2/c1-3-16(2)18-4-6-19(7-5-18)27(24,25)22-11-9-21(10-12-22)20(23)14-17-8-13-26-15-17/h4-8,13,15-16H,3,9-12,14H2,1-2H3. The van der Waals surface area contributed by atoms with Crippen molar-refractivity contribution >= 4 is 27.3 Å². The molecule has 1 aromatic carbocycles. The Morgan fingerprint density at radius 2 is 1.78 bits per heavy atom. The molecule has 1 fully saturated rings. The zero-order chi connectivity index (χ0) is 19.4. The van der Waals surface area contributed by atoms with Crippen LogP contribution in [0.4, 0.5) is 0 Å². The summed E-state index contributed by atoms with van der Waals surface area (Å²) in [5.74, 6) is 0.475. The van der Waals surface area contributed by atoms with Crippen LogP contribution in [0.5, 0.6) is 0 Å². The first-order valence-electron chi connectivity index (χ1n) is 9.30. The van der Waals surface area contributed by atoms with Gasteiger partial charge in [0.2, 0.25) is 15.9 Å². The molecule has 1 aliphatic rings. The fourth-order valence-electron chi connectivity index (χ4n) is 3.21. The van der Waals surface area contributed by atoms with Crippen molar-refractivity contribution < 1.29 is 13.2 Å². The van der Waals surface area contributed by atoms with E-state index in [2.05, 4.69) is 13.8 Å².